The fourth-order valence-corrected chi connectivity index (χ4v) is 5.28. The zero-order chi connectivity index (χ0) is 37.7. The first-order valence-corrected chi connectivity index (χ1v) is 20.9. The first kappa shape index (κ1) is 48.5. The number of esters is 2. The zero-order valence-electron chi connectivity index (χ0n) is 31.6. The number of hydrogen-bond acceptors (Lipinski definition) is 7. The van der Waals surface area contributed by atoms with E-state index in [2.05, 4.69) is 67.0 Å². The second-order valence-corrected chi connectivity index (χ2v) is 14.0. The summed E-state index contributed by atoms with van der Waals surface area (Å²) in [6, 6.07) is 0. The van der Waals surface area contributed by atoms with Gasteiger partial charge in [-0.25, -0.2) is 4.57 Å². The van der Waals surface area contributed by atoms with Crippen LogP contribution in [0.25, 0.3) is 0 Å². The van der Waals surface area contributed by atoms with E-state index in [0.29, 0.717) is 19.3 Å². The Morgan fingerprint density at radius 3 is 1.82 bits per heavy atom. The molecule has 0 amide bonds. The summed E-state index contributed by atoms with van der Waals surface area (Å²) >= 11 is 0. The first-order chi connectivity index (χ1) is 24.7. The molecule has 0 rings (SSSR count). The summed E-state index contributed by atoms with van der Waals surface area (Å²) in [5.74, 6) is -0.994. The molecular formula is C41H69O9P. The normalized spacial score (nSPS) is 13.9. The van der Waals surface area contributed by atoms with E-state index in [9.17, 15) is 19.3 Å². The number of carbonyl (C=O) groups is 2. The second kappa shape index (κ2) is 35.8. The van der Waals surface area contributed by atoms with Crippen molar-refractivity contribution in [3.63, 3.8) is 0 Å². The van der Waals surface area contributed by atoms with Gasteiger partial charge in [-0.1, -0.05) is 138 Å². The molecule has 2 atom stereocenters. The SMILES string of the molecule is CC/C=C/C/C=C/C=C/C(O)CCCCCCCC(=O)O[C@H](COC(=O)CCCCCC/C=C\C/C=C\C/C=C\CCCCC)COP(=O)(O)O. The Morgan fingerprint density at radius 1 is 0.627 bits per heavy atom. The summed E-state index contributed by atoms with van der Waals surface area (Å²) in [6.45, 7) is 3.41. The van der Waals surface area contributed by atoms with Gasteiger partial charge in [0.15, 0.2) is 6.10 Å². The summed E-state index contributed by atoms with van der Waals surface area (Å²) in [7, 11) is -4.79. The number of hydrogen-bond donors (Lipinski definition) is 3. The third kappa shape index (κ3) is 38.5. The number of phosphoric ester groups is 1. The van der Waals surface area contributed by atoms with Crippen molar-refractivity contribution in [3.8, 4) is 0 Å². The highest BCUT2D eigenvalue weighted by atomic mass is 31.2. The van der Waals surface area contributed by atoms with Crippen LogP contribution in [0.15, 0.2) is 72.9 Å². The molecule has 3 N–H and O–H groups in total. The number of rotatable bonds is 34. The van der Waals surface area contributed by atoms with Crippen molar-refractivity contribution in [1.29, 1.82) is 0 Å². The molecule has 10 heteroatoms. The number of allylic oxidation sites excluding steroid dienone is 11. The highest BCUT2D eigenvalue weighted by Crippen LogP contribution is 2.36. The van der Waals surface area contributed by atoms with Crippen molar-refractivity contribution in [2.75, 3.05) is 13.2 Å². The lowest BCUT2D eigenvalue weighted by Crippen LogP contribution is -2.29. The molecular weight excluding hydrogens is 667 g/mol. The third-order valence-corrected chi connectivity index (χ3v) is 8.30. The molecule has 0 aromatic rings. The maximum atomic E-state index is 12.4. The van der Waals surface area contributed by atoms with Crippen LogP contribution in [-0.2, 0) is 28.2 Å². The largest absolute Gasteiger partial charge is 0.469 e. The topological polar surface area (TPSA) is 140 Å². The molecule has 0 spiro atoms. The predicted octanol–water partition coefficient (Wildman–Crippen LogP) is 10.5. The van der Waals surface area contributed by atoms with E-state index in [-0.39, 0.29) is 19.4 Å². The number of aliphatic hydroxyl groups excluding tert-OH is 1. The minimum Gasteiger partial charge on any atom is -0.462 e. The van der Waals surface area contributed by atoms with E-state index in [1.54, 1.807) is 6.08 Å². The van der Waals surface area contributed by atoms with Crippen LogP contribution in [0.4, 0.5) is 0 Å². The molecule has 0 bridgehead atoms. The zero-order valence-corrected chi connectivity index (χ0v) is 32.5. The standard InChI is InChI=1S/C41H69O9P/c1-3-5-7-9-11-12-13-14-15-16-17-18-19-20-22-26-30-34-40(43)48-36-39(37-49-51(45,46)47)50-41(44)35-31-27-23-25-29-33-38(42)32-28-24-21-10-8-6-4-2/h6,8,11-12,14-15,17-18,21,24,28,32,38-39,42H,3-5,7,9-10,13,16,19-20,22-23,25-27,29-31,33-37H2,1-2H3,(H2,45,46,47)/b8-6+,12-11-,15-14-,18-17-,24-21+,32-28+/t38?,39-/m1/s1. The van der Waals surface area contributed by atoms with Crippen molar-refractivity contribution >= 4 is 19.8 Å². The molecule has 0 heterocycles. The number of unbranched alkanes of at least 4 members (excludes halogenated alkanes) is 11. The van der Waals surface area contributed by atoms with Gasteiger partial charge in [0, 0.05) is 12.8 Å². The summed E-state index contributed by atoms with van der Waals surface area (Å²) in [5.41, 5.74) is 0. The van der Waals surface area contributed by atoms with Gasteiger partial charge < -0.3 is 24.4 Å². The lowest BCUT2D eigenvalue weighted by Gasteiger charge is -2.18. The van der Waals surface area contributed by atoms with Crippen LogP contribution in [0.5, 0.6) is 0 Å². The predicted molar refractivity (Wildman–Crippen MR) is 208 cm³/mol. The number of aliphatic hydroxyl groups is 1. The number of carbonyl (C=O) groups excluding carboxylic acids is 2. The molecule has 292 valence electrons. The first-order valence-electron chi connectivity index (χ1n) is 19.3. The van der Waals surface area contributed by atoms with Gasteiger partial charge in [-0.2, -0.15) is 0 Å². The smallest absolute Gasteiger partial charge is 0.462 e. The number of ether oxygens (including phenoxy) is 2. The van der Waals surface area contributed by atoms with E-state index in [0.717, 1.165) is 77.0 Å². The minimum absolute atomic E-state index is 0.133. The average Bonchev–Trinajstić information content (AvgIpc) is 3.09. The third-order valence-electron chi connectivity index (χ3n) is 7.81. The van der Waals surface area contributed by atoms with Crippen molar-refractivity contribution in [2.45, 2.75) is 161 Å². The monoisotopic (exact) mass is 736 g/mol. The molecule has 51 heavy (non-hydrogen) atoms. The van der Waals surface area contributed by atoms with E-state index >= 15 is 0 Å². The van der Waals surface area contributed by atoms with Crippen molar-refractivity contribution in [3.05, 3.63) is 72.9 Å². The van der Waals surface area contributed by atoms with E-state index < -0.39 is 38.6 Å². The molecule has 0 saturated carbocycles. The summed E-state index contributed by atoms with van der Waals surface area (Å²) in [4.78, 5) is 42.8. The van der Waals surface area contributed by atoms with Crippen molar-refractivity contribution in [2.24, 2.45) is 0 Å². The summed E-state index contributed by atoms with van der Waals surface area (Å²) in [5, 5.41) is 10.1. The fraction of sp³-hybridized carbons (Fsp3) is 0.659. The van der Waals surface area contributed by atoms with Crippen molar-refractivity contribution < 1.29 is 43.0 Å². The average molecular weight is 737 g/mol. The van der Waals surface area contributed by atoms with E-state index in [1.807, 2.05) is 18.2 Å². The lowest BCUT2D eigenvalue weighted by atomic mass is 10.1. The van der Waals surface area contributed by atoms with Gasteiger partial charge in [0.05, 0.1) is 12.7 Å². The summed E-state index contributed by atoms with van der Waals surface area (Å²) in [6.07, 6.45) is 42.1. The Bertz CT molecular complexity index is 1070. The van der Waals surface area contributed by atoms with Gasteiger partial charge in [-0.15, -0.1) is 0 Å². The highest BCUT2D eigenvalue weighted by Gasteiger charge is 2.22. The van der Waals surface area contributed by atoms with Crippen LogP contribution in [0, 0.1) is 0 Å². The molecule has 0 aromatic carbocycles. The Labute approximate surface area is 309 Å². The molecule has 9 nitrogen and oxygen atoms in total. The Kier molecular flexibility index (Phi) is 34.0. The lowest BCUT2D eigenvalue weighted by molar-refractivity contribution is -0.161. The minimum atomic E-state index is -4.79. The van der Waals surface area contributed by atoms with Gasteiger partial charge >= 0.3 is 19.8 Å². The number of phosphoric acid groups is 1. The summed E-state index contributed by atoms with van der Waals surface area (Å²) < 4.78 is 26.3. The van der Waals surface area contributed by atoms with Crippen molar-refractivity contribution in [1.82, 2.24) is 0 Å². The van der Waals surface area contributed by atoms with Crippen LogP contribution in [0.2, 0.25) is 0 Å². The van der Waals surface area contributed by atoms with Crippen LogP contribution in [0.3, 0.4) is 0 Å². The van der Waals surface area contributed by atoms with E-state index in [4.69, 9.17) is 19.3 Å². The Hall–Kier alpha value is -2.55. The maximum absolute atomic E-state index is 12.4. The molecule has 0 radical (unpaired) electrons. The van der Waals surface area contributed by atoms with Crippen LogP contribution < -0.4 is 0 Å². The van der Waals surface area contributed by atoms with Gasteiger partial charge in [-0.05, 0) is 70.6 Å². The van der Waals surface area contributed by atoms with Gasteiger partial charge in [-0.3, -0.25) is 14.1 Å². The van der Waals surface area contributed by atoms with E-state index in [1.165, 1.54) is 25.7 Å². The molecule has 0 aliphatic carbocycles. The molecule has 0 aromatic heterocycles. The van der Waals surface area contributed by atoms with Crippen LogP contribution in [-0.4, -0.2) is 52.3 Å². The van der Waals surface area contributed by atoms with Gasteiger partial charge in [0.25, 0.3) is 0 Å². The van der Waals surface area contributed by atoms with Crippen LogP contribution >= 0.6 is 7.82 Å². The molecule has 0 saturated heterocycles. The molecule has 0 aliphatic heterocycles. The quantitative estimate of drug-likeness (QED) is 0.0194. The maximum Gasteiger partial charge on any atom is 0.469 e. The Balaban J connectivity index is 4.11. The molecule has 1 unspecified atom stereocenters. The molecule has 0 fully saturated rings. The van der Waals surface area contributed by atoms with Gasteiger partial charge in [0.2, 0.25) is 0 Å². The molecule has 0 aliphatic rings. The van der Waals surface area contributed by atoms with Gasteiger partial charge in [0.1, 0.15) is 6.61 Å². The second-order valence-electron chi connectivity index (χ2n) is 12.7. The highest BCUT2D eigenvalue weighted by molar-refractivity contribution is 7.46. The Morgan fingerprint density at radius 2 is 1.18 bits per heavy atom. The fourth-order valence-electron chi connectivity index (χ4n) is 4.91. The van der Waals surface area contributed by atoms with Crippen LogP contribution in [0.1, 0.15) is 149 Å².